The number of hydrogen-bond donors (Lipinski definition) is 2. The van der Waals surface area contributed by atoms with E-state index in [2.05, 4.69) is 20.8 Å². The van der Waals surface area contributed by atoms with Gasteiger partial charge in [-0.15, -0.1) is 11.3 Å². The van der Waals surface area contributed by atoms with E-state index in [9.17, 15) is 9.59 Å². The molecule has 26 heavy (non-hydrogen) atoms. The van der Waals surface area contributed by atoms with Crippen molar-refractivity contribution in [2.75, 3.05) is 5.32 Å². The van der Waals surface area contributed by atoms with E-state index in [0.717, 1.165) is 5.56 Å². The summed E-state index contributed by atoms with van der Waals surface area (Å²) in [6.07, 6.45) is 3.09. The van der Waals surface area contributed by atoms with Crippen LogP contribution in [0.2, 0.25) is 0 Å². The third-order valence-electron chi connectivity index (χ3n) is 3.55. The lowest BCUT2D eigenvalue weighted by Gasteiger charge is -2.07. The van der Waals surface area contributed by atoms with Crippen molar-refractivity contribution in [2.45, 2.75) is 6.92 Å². The first-order valence-corrected chi connectivity index (χ1v) is 8.71. The highest BCUT2D eigenvalue weighted by Crippen LogP contribution is 2.15. The van der Waals surface area contributed by atoms with Crippen molar-refractivity contribution in [1.29, 1.82) is 0 Å². The Morgan fingerprint density at radius 1 is 1.00 bits per heavy atom. The summed E-state index contributed by atoms with van der Waals surface area (Å²) in [6.45, 7) is 1.78. The largest absolute Gasteiger partial charge is 0.321 e. The number of benzene rings is 1. The van der Waals surface area contributed by atoms with Crippen LogP contribution in [0.5, 0.6) is 0 Å². The first-order chi connectivity index (χ1) is 12.6. The molecule has 7 heteroatoms. The second-order valence-corrected chi connectivity index (χ2v) is 6.33. The number of nitrogens with one attached hydrogen (secondary N) is 2. The molecule has 0 saturated carbocycles. The number of hydrogen-bond acceptors (Lipinski definition) is 5. The molecule has 2 heterocycles. The van der Waals surface area contributed by atoms with Gasteiger partial charge in [0, 0.05) is 23.6 Å². The maximum atomic E-state index is 12.1. The number of hydrazone groups is 1. The maximum Gasteiger partial charge on any atom is 0.271 e. The minimum atomic E-state index is -0.311. The van der Waals surface area contributed by atoms with Crippen molar-refractivity contribution in [2.24, 2.45) is 5.10 Å². The summed E-state index contributed by atoms with van der Waals surface area (Å²) >= 11 is 1.38. The van der Waals surface area contributed by atoms with Crippen LogP contribution in [-0.2, 0) is 0 Å². The third kappa shape index (κ3) is 4.40. The molecule has 0 unspecified atom stereocenters. The predicted octanol–water partition coefficient (Wildman–Crippen LogP) is 3.55. The smallest absolute Gasteiger partial charge is 0.271 e. The average molecular weight is 364 g/mol. The number of pyridine rings is 1. The van der Waals surface area contributed by atoms with Gasteiger partial charge in [-0.1, -0.05) is 18.2 Å². The molecule has 3 aromatic rings. The standard InChI is InChI=1S/C19H16N4O2S/c1-13(22-23-18(24)14-7-9-20-10-8-14)15-4-2-5-16(12-15)21-19(25)17-6-3-11-26-17/h2-12H,1H3,(H,21,25)(H,23,24). The Kier molecular flexibility index (Phi) is 5.50. The van der Waals surface area contributed by atoms with Crippen LogP contribution in [0, 0.1) is 0 Å². The maximum absolute atomic E-state index is 12.1. The van der Waals surface area contributed by atoms with Crippen molar-refractivity contribution in [3.8, 4) is 0 Å². The molecule has 0 bridgehead atoms. The molecule has 6 nitrogen and oxygen atoms in total. The van der Waals surface area contributed by atoms with Crippen molar-refractivity contribution >= 4 is 34.6 Å². The molecule has 0 saturated heterocycles. The predicted molar refractivity (Wildman–Crippen MR) is 103 cm³/mol. The number of nitrogens with zero attached hydrogens (tertiary/aromatic N) is 2. The van der Waals surface area contributed by atoms with Gasteiger partial charge in [-0.2, -0.15) is 5.10 Å². The van der Waals surface area contributed by atoms with E-state index < -0.39 is 0 Å². The molecule has 0 aliphatic carbocycles. The highest BCUT2D eigenvalue weighted by Gasteiger charge is 2.08. The van der Waals surface area contributed by atoms with Crippen LogP contribution in [0.15, 0.2) is 71.4 Å². The molecule has 2 N–H and O–H groups in total. The fourth-order valence-electron chi connectivity index (χ4n) is 2.19. The van der Waals surface area contributed by atoms with Gasteiger partial charge in [0.2, 0.25) is 0 Å². The fourth-order valence-corrected chi connectivity index (χ4v) is 2.81. The van der Waals surface area contributed by atoms with E-state index >= 15 is 0 Å². The molecule has 0 radical (unpaired) electrons. The monoisotopic (exact) mass is 364 g/mol. The highest BCUT2D eigenvalue weighted by atomic mass is 32.1. The van der Waals surface area contributed by atoms with Crippen LogP contribution in [-0.4, -0.2) is 22.5 Å². The molecule has 0 spiro atoms. The number of thiophene rings is 1. The normalized spacial score (nSPS) is 11.0. The van der Waals surface area contributed by atoms with Crippen LogP contribution in [0.3, 0.4) is 0 Å². The van der Waals surface area contributed by atoms with Gasteiger partial charge in [0.1, 0.15) is 0 Å². The highest BCUT2D eigenvalue weighted by molar-refractivity contribution is 7.12. The Balaban J connectivity index is 1.68. The molecular formula is C19H16N4O2S. The van der Waals surface area contributed by atoms with E-state index in [4.69, 9.17) is 0 Å². The van der Waals surface area contributed by atoms with Crippen molar-refractivity contribution < 1.29 is 9.59 Å². The van der Waals surface area contributed by atoms with Gasteiger partial charge >= 0.3 is 0 Å². The van der Waals surface area contributed by atoms with Crippen molar-refractivity contribution in [3.05, 3.63) is 82.3 Å². The lowest BCUT2D eigenvalue weighted by Crippen LogP contribution is -2.19. The van der Waals surface area contributed by atoms with E-state index in [1.807, 2.05) is 29.6 Å². The van der Waals surface area contributed by atoms with Crippen molar-refractivity contribution in [3.63, 3.8) is 0 Å². The van der Waals surface area contributed by atoms with Crippen molar-refractivity contribution in [1.82, 2.24) is 10.4 Å². The van der Waals surface area contributed by atoms with Crippen LogP contribution in [0.25, 0.3) is 0 Å². The van der Waals surface area contributed by atoms with Crippen LogP contribution < -0.4 is 10.7 Å². The molecular weight excluding hydrogens is 348 g/mol. The van der Waals surface area contributed by atoms with E-state index in [1.54, 1.807) is 43.6 Å². The first-order valence-electron chi connectivity index (χ1n) is 7.83. The molecule has 0 fully saturated rings. The van der Waals surface area contributed by atoms with Crippen LogP contribution in [0.4, 0.5) is 5.69 Å². The average Bonchev–Trinajstić information content (AvgIpc) is 3.22. The lowest BCUT2D eigenvalue weighted by atomic mass is 10.1. The van der Waals surface area contributed by atoms with Gasteiger partial charge in [0.25, 0.3) is 11.8 Å². The summed E-state index contributed by atoms with van der Waals surface area (Å²) in [5.74, 6) is -0.466. The Hall–Kier alpha value is -3.32. The summed E-state index contributed by atoms with van der Waals surface area (Å²) in [7, 11) is 0. The fraction of sp³-hybridized carbons (Fsp3) is 0.0526. The van der Waals surface area contributed by atoms with Gasteiger partial charge in [0.05, 0.1) is 10.6 Å². The zero-order valence-electron chi connectivity index (χ0n) is 14.0. The van der Waals surface area contributed by atoms with Crippen LogP contribution >= 0.6 is 11.3 Å². The minimum absolute atomic E-state index is 0.155. The lowest BCUT2D eigenvalue weighted by molar-refractivity contribution is 0.0954. The number of carbonyl (C=O) groups is 2. The van der Waals surface area contributed by atoms with E-state index in [0.29, 0.717) is 21.8 Å². The Morgan fingerprint density at radius 3 is 2.54 bits per heavy atom. The van der Waals surface area contributed by atoms with Gasteiger partial charge in [-0.3, -0.25) is 14.6 Å². The Labute approximate surface area is 154 Å². The summed E-state index contributed by atoms with van der Waals surface area (Å²) in [6, 6.07) is 14.1. The quantitative estimate of drug-likeness (QED) is 0.536. The molecule has 130 valence electrons. The summed E-state index contributed by atoms with van der Waals surface area (Å²) in [5, 5.41) is 8.83. The second-order valence-electron chi connectivity index (χ2n) is 5.39. The van der Waals surface area contributed by atoms with Gasteiger partial charge in [-0.05, 0) is 48.2 Å². The van der Waals surface area contributed by atoms with Gasteiger partial charge in [-0.25, -0.2) is 5.43 Å². The molecule has 0 aliphatic heterocycles. The molecule has 3 rings (SSSR count). The number of carbonyl (C=O) groups excluding carboxylic acids is 2. The summed E-state index contributed by atoms with van der Waals surface area (Å²) in [5.41, 5.74) is 5.08. The topological polar surface area (TPSA) is 83.4 Å². The summed E-state index contributed by atoms with van der Waals surface area (Å²) < 4.78 is 0. The minimum Gasteiger partial charge on any atom is -0.321 e. The SMILES string of the molecule is CC(=NNC(=O)c1ccncc1)c1cccc(NC(=O)c2cccs2)c1. The zero-order valence-corrected chi connectivity index (χ0v) is 14.8. The number of anilines is 1. The third-order valence-corrected chi connectivity index (χ3v) is 4.42. The van der Waals surface area contributed by atoms with E-state index in [1.165, 1.54) is 11.3 Å². The molecule has 2 amide bonds. The van der Waals surface area contributed by atoms with Crippen LogP contribution in [0.1, 0.15) is 32.5 Å². The molecule has 1 aromatic carbocycles. The second kappa shape index (κ2) is 8.17. The Morgan fingerprint density at radius 2 is 1.81 bits per heavy atom. The van der Waals surface area contributed by atoms with Gasteiger partial charge < -0.3 is 5.32 Å². The first kappa shape index (κ1) is 17.5. The van der Waals surface area contributed by atoms with Gasteiger partial charge in [0.15, 0.2) is 0 Å². The molecule has 2 aromatic heterocycles. The molecule has 0 aliphatic rings. The molecule has 0 atom stereocenters. The number of aromatic nitrogens is 1. The summed E-state index contributed by atoms with van der Waals surface area (Å²) in [4.78, 5) is 28.7. The Bertz CT molecular complexity index is 937. The van der Waals surface area contributed by atoms with E-state index in [-0.39, 0.29) is 11.8 Å². The zero-order chi connectivity index (χ0) is 18.4. The number of amides is 2. The number of rotatable bonds is 5.